The van der Waals surface area contributed by atoms with E-state index >= 15 is 0 Å². The maximum absolute atomic E-state index is 11.8. The molecule has 1 aromatic carbocycles. The highest BCUT2D eigenvalue weighted by Crippen LogP contribution is 2.16. The van der Waals surface area contributed by atoms with Crippen LogP contribution in [0.1, 0.15) is 12.2 Å². The van der Waals surface area contributed by atoms with Gasteiger partial charge in [0.2, 0.25) is 11.7 Å². The van der Waals surface area contributed by atoms with Crippen LogP contribution in [0.15, 0.2) is 36.7 Å². The first-order valence-electron chi connectivity index (χ1n) is 5.76. The predicted octanol–water partition coefficient (Wildman–Crippen LogP) is 1.37. The molecule has 0 unspecified atom stereocenters. The number of anilines is 2. The summed E-state index contributed by atoms with van der Waals surface area (Å²) in [4.78, 5) is 15.6. The molecule has 0 bridgehead atoms. The maximum Gasteiger partial charge on any atom is 0.226 e. The van der Waals surface area contributed by atoms with Crippen LogP contribution in [0.25, 0.3) is 0 Å². The highest BCUT2D eigenvalue weighted by Gasteiger charge is 2.07. The molecule has 6 nitrogen and oxygen atoms in total. The van der Waals surface area contributed by atoms with Gasteiger partial charge in [-0.15, -0.1) is 0 Å². The van der Waals surface area contributed by atoms with E-state index in [1.54, 1.807) is 35.0 Å². The van der Waals surface area contributed by atoms with E-state index in [2.05, 4.69) is 10.3 Å². The van der Waals surface area contributed by atoms with Crippen LogP contribution in [0.4, 0.5) is 11.4 Å². The molecule has 2 aromatic rings. The fourth-order valence-corrected chi connectivity index (χ4v) is 1.65. The largest absolute Gasteiger partial charge is 0.397 e. The zero-order valence-electron chi connectivity index (χ0n) is 10.2. The van der Waals surface area contributed by atoms with E-state index in [0.29, 0.717) is 23.7 Å². The summed E-state index contributed by atoms with van der Waals surface area (Å²) in [6, 6.07) is 9.02. The van der Waals surface area contributed by atoms with Gasteiger partial charge < -0.3 is 15.6 Å². The number of nitriles is 1. The number of carbonyl (C=O) groups is 1. The van der Waals surface area contributed by atoms with Crippen LogP contribution in [-0.2, 0) is 11.3 Å². The number of aromatic nitrogens is 2. The second-order valence-electron chi connectivity index (χ2n) is 3.94. The molecule has 0 spiro atoms. The summed E-state index contributed by atoms with van der Waals surface area (Å²) in [5.74, 6) is 0.141. The summed E-state index contributed by atoms with van der Waals surface area (Å²) < 4.78 is 1.63. The Kier molecular flexibility index (Phi) is 3.78. The van der Waals surface area contributed by atoms with Gasteiger partial charge in [0.15, 0.2) is 0 Å². The van der Waals surface area contributed by atoms with Crippen LogP contribution in [0, 0.1) is 11.3 Å². The minimum atomic E-state index is -0.157. The molecule has 0 saturated carbocycles. The molecular weight excluding hydrogens is 242 g/mol. The van der Waals surface area contributed by atoms with Gasteiger partial charge in [0.1, 0.15) is 6.07 Å². The topological polar surface area (TPSA) is 96.7 Å². The van der Waals surface area contributed by atoms with Gasteiger partial charge in [-0.05, 0) is 12.1 Å². The van der Waals surface area contributed by atoms with E-state index in [0.717, 1.165) is 0 Å². The Labute approximate surface area is 110 Å². The Balaban J connectivity index is 1.93. The minimum Gasteiger partial charge on any atom is -0.397 e. The monoisotopic (exact) mass is 255 g/mol. The molecule has 1 heterocycles. The number of carbonyl (C=O) groups excluding carboxylic acids is 1. The molecule has 0 atom stereocenters. The fraction of sp³-hybridized carbons (Fsp3) is 0.154. The van der Waals surface area contributed by atoms with Crippen molar-refractivity contribution in [3.8, 4) is 6.07 Å². The van der Waals surface area contributed by atoms with E-state index in [-0.39, 0.29) is 12.3 Å². The van der Waals surface area contributed by atoms with Gasteiger partial charge in [0.25, 0.3) is 0 Å². The first kappa shape index (κ1) is 12.6. The van der Waals surface area contributed by atoms with Crippen LogP contribution in [-0.4, -0.2) is 15.5 Å². The number of amides is 1. The summed E-state index contributed by atoms with van der Waals surface area (Å²) >= 11 is 0. The van der Waals surface area contributed by atoms with E-state index in [4.69, 9.17) is 11.0 Å². The molecule has 6 heteroatoms. The van der Waals surface area contributed by atoms with Crippen LogP contribution in [0.5, 0.6) is 0 Å². The Bertz CT molecular complexity index is 626. The van der Waals surface area contributed by atoms with E-state index < -0.39 is 0 Å². The van der Waals surface area contributed by atoms with Crippen molar-refractivity contribution < 1.29 is 4.79 Å². The minimum absolute atomic E-state index is 0.157. The average Bonchev–Trinajstić information content (AvgIpc) is 2.86. The third-order valence-electron chi connectivity index (χ3n) is 2.63. The average molecular weight is 255 g/mol. The first-order valence-corrected chi connectivity index (χ1v) is 5.76. The second kappa shape index (κ2) is 5.69. The van der Waals surface area contributed by atoms with Crippen LogP contribution >= 0.6 is 0 Å². The molecular formula is C13H13N5O. The number of imidazole rings is 1. The number of para-hydroxylation sites is 2. The molecule has 2 rings (SSSR count). The summed E-state index contributed by atoms with van der Waals surface area (Å²) in [6.07, 6.45) is 3.45. The molecule has 0 fully saturated rings. The van der Waals surface area contributed by atoms with Crippen molar-refractivity contribution in [3.05, 3.63) is 42.5 Å². The highest BCUT2D eigenvalue weighted by atomic mass is 16.1. The van der Waals surface area contributed by atoms with Crippen molar-refractivity contribution in [2.75, 3.05) is 11.1 Å². The van der Waals surface area contributed by atoms with Crippen LogP contribution in [0.2, 0.25) is 0 Å². The van der Waals surface area contributed by atoms with Crippen molar-refractivity contribution in [3.63, 3.8) is 0 Å². The van der Waals surface area contributed by atoms with Gasteiger partial charge in [-0.2, -0.15) is 5.26 Å². The van der Waals surface area contributed by atoms with Gasteiger partial charge >= 0.3 is 0 Å². The summed E-state index contributed by atoms with van der Waals surface area (Å²) in [6.45, 7) is 0.404. The Morgan fingerprint density at radius 1 is 1.47 bits per heavy atom. The number of hydrogen-bond acceptors (Lipinski definition) is 4. The third kappa shape index (κ3) is 3.10. The lowest BCUT2D eigenvalue weighted by Gasteiger charge is -2.08. The third-order valence-corrected chi connectivity index (χ3v) is 2.63. The highest BCUT2D eigenvalue weighted by molar-refractivity contribution is 5.93. The molecule has 0 radical (unpaired) electrons. The van der Waals surface area contributed by atoms with E-state index in [1.165, 1.54) is 6.20 Å². The SMILES string of the molecule is N#Cc1nccn1CCC(=O)Nc1ccccc1N. The van der Waals surface area contributed by atoms with Crippen LogP contribution < -0.4 is 11.1 Å². The molecule has 0 saturated heterocycles. The number of nitrogens with two attached hydrogens (primary N) is 1. The number of nitrogens with zero attached hydrogens (tertiary/aromatic N) is 3. The smallest absolute Gasteiger partial charge is 0.226 e. The quantitative estimate of drug-likeness (QED) is 0.806. The molecule has 1 aromatic heterocycles. The molecule has 0 aliphatic rings. The lowest BCUT2D eigenvalue weighted by Crippen LogP contribution is -2.15. The molecule has 0 aliphatic carbocycles. The zero-order chi connectivity index (χ0) is 13.7. The summed E-state index contributed by atoms with van der Waals surface area (Å²) in [7, 11) is 0. The number of nitrogens with one attached hydrogen (secondary N) is 1. The van der Waals surface area contributed by atoms with Gasteiger partial charge in [-0.3, -0.25) is 4.79 Å². The molecule has 19 heavy (non-hydrogen) atoms. The number of hydrogen-bond donors (Lipinski definition) is 2. The molecule has 96 valence electrons. The fourth-order valence-electron chi connectivity index (χ4n) is 1.65. The Hall–Kier alpha value is -2.81. The zero-order valence-corrected chi connectivity index (χ0v) is 10.2. The first-order chi connectivity index (χ1) is 9.20. The lowest BCUT2D eigenvalue weighted by molar-refractivity contribution is -0.116. The number of benzene rings is 1. The van der Waals surface area contributed by atoms with Gasteiger partial charge in [0.05, 0.1) is 11.4 Å². The second-order valence-corrected chi connectivity index (χ2v) is 3.94. The maximum atomic E-state index is 11.8. The number of aryl methyl sites for hydroxylation is 1. The predicted molar refractivity (Wildman–Crippen MR) is 71.0 cm³/mol. The molecule has 0 aliphatic heterocycles. The van der Waals surface area contributed by atoms with Crippen LogP contribution in [0.3, 0.4) is 0 Å². The Morgan fingerprint density at radius 3 is 3.00 bits per heavy atom. The van der Waals surface area contributed by atoms with Gasteiger partial charge in [-0.25, -0.2) is 4.98 Å². The summed E-state index contributed by atoms with van der Waals surface area (Å²) in [5, 5.41) is 11.5. The van der Waals surface area contributed by atoms with Gasteiger partial charge in [0, 0.05) is 25.4 Å². The van der Waals surface area contributed by atoms with Crippen molar-refractivity contribution in [2.45, 2.75) is 13.0 Å². The lowest BCUT2D eigenvalue weighted by atomic mass is 10.2. The van der Waals surface area contributed by atoms with E-state index in [9.17, 15) is 4.79 Å². The normalized spacial score (nSPS) is 9.84. The van der Waals surface area contributed by atoms with Crippen molar-refractivity contribution in [1.82, 2.24) is 9.55 Å². The summed E-state index contributed by atoms with van der Waals surface area (Å²) in [5.41, 5.74) is 6.85. The molecule has 3 N–H and O–H groups in total. The van der Waals surface area contributed by atoms with Gasteiger partial charge in [-0.1, -0.05) is 12.1 Å². The number of rotatable bonds is 4. The standard InChI is InChI=1S/C13H13N5O/c14-9-12-16-6-8-18(12)7-5-13(19)17-11-4-2-1-3-10(11)15/h1-4,6,8H,5,7,15H2,(H,17,19). The van der Waals surface area contributed by atoms with E-state index in [1.807, 2.05) is 6.07 Å². The molecule has 1 amide bonds. The van der Waals surface area contributed by atoms with Crippen molar-refractivity contribution in [2.24, 2.45) is 0 Å². The van der Waals surface area contributed by atoms with Crippen molar-refractivity contribution >= 4 is 17.3 Å². The Morgan fingerprint density at radius 2 is 2.26 bits per heavy atom. The van der Waals surface area contributed by atoms with Crippen molar-refractivity contribution in [1.29, 1.82) is 5.26 Å². The number of nitrogen functional groups attached to an aromatic ring is 1.